The fourth-order valence-electron chi connectivity index (χ4n) is 3.41. The van der Waals surface area contributed by atoms with E-state index in [4.69, 9.17) is 14.0 Å². The molecule has 8 heteroatoms. The molecule has 1 aliphatic heterocycles. The zero-order chi connectivity index (χ0) is 20.1. The van der Waals surface area contributed by atoms with E-state index in [1.54, 1.807) is 4.90 Å². The van der Waals surface area contributed by atoms with Gasteiger partial charge in [0, 0.05) is 26.1 Å². The topological polar surface area (TPSA) is 77.7 Å². The lowest BCUT2D eigenvalue weighted by atomic mass is 9.98. The maximum atomic E-state index is 12.9. The molecule has 2 aromatic rings. The van der Waals surface area contributed by atoms with E-state index in [9.17, 15) is 9.18 Å². The van der Waals surface area contributed by atoms with E-state index in [1.807, 2.05) is 0 Å². The first-order valence-corrected chi connectivity index (χ1v) is 10.2. The van der Waals surface area contributed by atoms with Gasteiger partial charge in [-0.15, -0.1) is 0 Å². The van der Waals surface area contributed by atoms with Crippen molar-refractivity contribution in [1.29, 1.82) is 0 Å². The Hall–Kier alpha value is -2.48. The van der Waals surface area contributed by atoms with Crippen molar-refractivity contribution < 1.29 is 23.2 Å². The van der Waals surface area contributed by atoms with Crippen LogP contribution in [0.1, 0.15) is 43.3 Å². The molecule has 0 N–H and O–H groups in total. The monoisotopic (exact) mass is 403 g/mol. The van der Waals surface area contributed by atoms with Gasteiger partial charge < -0.3 is 18.9 Å². The minimum atomic E-state index is -0.337. The minimum absolute atomic E-state index is 0.0344. The first-order valence-electron chi connectivity index (χ1n) is 10.2. The Bertz CT molecular complexity index is 807. The van der Waals surface area contributed by atoms with Crippen LogP contribution in [0.25, 0.3) is 0 Å². The molecule has 1 amide bonds. The third-order valence-electron chi connectivity index (χ3n) is 5.30. The molecule has 0 spiro atoms. The molecule has 1 unspecified atom stereocenters. The maximum Gasteiger partial charge on any atom is 0.260 e. The molecule has 2 aliphatic rings. The average molecular weight is 403 g/mol. The lowest BCUT2D eigenvalue weighted by Gasteiger charge is -2.30. The number of ether oxygens (including phenoxy) is 2. The fourth-order valence-corrected chi connectivity index (χ4v) is 3.41. The number of carbonyl (C=O) groups is 1. The molecule has 156 valence electrons. The van der Waals surface area contributed by atoms with Gasteiger partial charge in [0.15, 0.2) is 12.4 Å². The van der Waals surface area contributed by atoms with Crippen molar-refractivity contribution in [2.24, 2.45) is 5.92 Å². The molecule has 1 aromatic carbocycles. The molecule has 1 saturated heterocycles. The Labute approximate surface area is 169 Å². The van der Waals surface area contributed by atoms with Crippen LogP contribution in [0.2, 0.25) is 0 Å². The molecule has 0 radical (unpaired) electrons. The van der Waals surface area contributed by atoms with Crippen LogP contribution in [-0.4, -0.2) is 53.9 Å². The van der Waals surface area contributed by atoms with Crippen molar-refractivity contribution in [3.63, 3.8) is 0 Å². The maximum absolute atomic E-state index is 12.9. The van der Waals surface area contributed by atoms with Crippen molar-refractivity contribution in [2.75, 3.05) is 32.9 Å². The van der Waals surface area contributed by atoms with E-state index >= 15 is 0 Å². The molecule has 2 heterocycles. The zero-order valence-electron chi connectivity index (χ0n) is 16.4. The van der Waals surface area contributed by atoms with Crippen molar-refractivity contribution >= 4 is 5.91 Å². The zero-order valence-corrected chi connectivity index (χ0v) is 16.4. The molecule has 1 aliphatic carbocycles. The Morgan fingerprint density at radius 1 is 1.24 bits per heavy atom. The number of likely N-dealkylation sites (tertiary alicyclic amines) is 1. The van der Waals surface area contributed by atoms with Crippen molar-refractivity contribution in [3.8, 4) is 5.75 Å². The second-order valence-electron chi connectivity index (χ2n) is 7.74. The second-order valence-corrected chi connectivity index (χ2v) is 7.74. The van der Waals surface area contributed by atoms with E-state index in [0.717, 1.165) is 25.4 Å². The molecule has 29 heavy (non-hydrogen) atoms. The summed E-state index contributed by atoms with van der Waals surface area (Å²) in [7, 11) is 0. The first kappa shape index (κ1) is 19.8. The SMILES string of the molecule is O=C(COc1ccc(F)cc1)N1CCCC(c2nc(CCOCC3CC3)no2)C1. The summed E-state index contributed by atoms with van der Waals surface area (Å²) in [6.07, 6.45) is 4.96. The Morgan fingerprint density at radius 2 is 2.07 bits per heavy atom. The number of halogens is 1. The number of nitrogens with zero attached hydrogens (tertiary/aromatic N) is 3. The van der Waals surface area contributed by atoms with Gasteiger partial charge in [0.1, 0.15) is 11.6 Å². The van der Waals surface area contributed by atoms with Crippen molar-refractivity contribution in [2.45, 2.75) is 38.0 Å². The van der Waals surface area contributed by atoms with Gasteiger partial charge in [0.2, 0.25) is 5.89 Å². The third-order valence-corrected chi connectivity index (χ3v) is 5.30. The van der Waals surface area contributed by atoms with Gasteiger partial charge in [0.25, 0.3) is 5.91 Å². The molecular formula is C21H26FN3O4. The number of aromatic nitrogens is 2. The van der Waals surface area contributed by atoms with Crippen LogP contribution in [0.4, 0.5) is 4.39 Å². The lowest BCUT2D eigenvalue weighted by Crippen LogP contribution is -2.41. The summed E-state index contributed by atoms with van der Waals surface area (Å²) in [6.45, 7) is 2.56. The van der Waals surface area contributed by atoms with Crippen LogP contribution < -0.4 is 4.74 Å². The Kier molecular flexibility index (Phi) is 6.39. The van der Waals surface area contributed by atoms with Gasteiger partial charge in [-0.3, -0.25) is 4.79 Å². The smallest absolute Gasteiger partial charge is 0.260 e. The van der Waals surface area contributed by atoms with Crippen LogP contribution in [0, 0.1) is 11.7 Å². The molecule has 1 aromatic heterocycles. The standard InChI is InChI=1S/C21H26FN3O4/c22-17-5-7-18(8-6-17)28-14-20(26)25-10-1-2-16(12-25)21-23-19(24-29-21)9-11-27-13-15-3-4-15/h5-8,15-16H,1-4,9-14H2. The van der Waals surface area contributed by atoms with Crippen LogP contribution in [-0.2, 0) is 16.0 Å². The number of hydrogen-bond acceptors (Lipinski definition) is 6. The average Bonchev–Trinajstić information content (AvgIpc) is 3.46. The number of amides is 1. The largest absolute Gasteiger partial charge is 0.484 e. The highest BCUT2D eigenvalue weighted by Crippen LogP contribution is 2.29. The van der Waals surface area contributed by atoms with E-state index < -0.39 is 0 Å². The third kappa shape index (κ3) is 5.76. The first-order chi connectivity index (χ1) is 14.2. The van der Waals surface area contributed by atoms with Gasteiger partial charge in [0.05, 0.1) is 12.5 Å². The van der Waals surface area contributed by atoms with Gasteiger partial charge in [-0.2, -0.15) is 4.98 Å². The van der Waals surface area contributed by atoms with Crippen molar-refractivity contribution in [1.82, 2.24) is 15.0 Å². The highest BCUT2D eigenvalue weighted by Gasteiger charge is 2.29. The summed E-state index contributed by atoms with van der Waals surface area (Å²) in [4.78, 5) is 18.8. The Balaban J connectivity index is 1.24. The van der Waals surface area contributed by atoms with Gasteiger partial charge in [-0.1, -0.05) is 5.16 Å². The van der Waals surface area contributed by atoms with Crippen LogP contribution >= 0.6 is 0 Å². The van der Waals surface area contributed by atoms with E-state index in [1.165, 1.54) is 37.1 Å². The van der Waals surface area contributed by atoms with E-state index in [2.05, 4.69) is 10.1 Å². The summed E-state index contributed by atoms with van der Waals surface area (Å²) >= 11 is 0. The quantitative estimate of drug-likeness (QED) is 0.599. The molecule has 4 rings (SSSR count). The predicted molar refractivity (Wildman–Crippen MR) is 102 cm³/mol. The number of benzene rings is 1. The summed E-state index contributed by atoms with van der Waals surface area (Å²) in [6, 6.07) is 5.63. The minimum Gasteiger partial charge on any atom is -0.484 e. The molecular weight excluding hydrogens is 377 g/mol. The molecule has 7 nitrogen and oxygen atoms in total. The number of rotatable bonds is 9. The Morgan fingerprint density at radius 3 is 2.86 bits per heavy atom. The van der Waals surface area contributed by atoms with Gasteiger partial charge in [-0.05, 0) is 55.9 Å². The van der Waals surface area contributed by atoms with Gasteiger partial charge in [-0.25, -0.2) is 4.39 Å². The molecule has 0 bridgehead atoms. The van der Waals surface area contributed by atoms with E-state index in [-0.39, 0.29) is 24.2 Å². The van der Waals surface area contributed by atoms with Crippen molar-refractivity contribution in [3.05, 3.63) is 41.8 Å². The normalized spacial score (nSPS) is 19.3. The number of hydrogen-bond donors (Lipinski definition) is 0. The van der Waals surface area contributed by atoms with E-state index in [0.29, 0.717) is 43.6 Å². The lowest BCUT2D eigenvalue weighted by molar-refractivity contribution is -0.134. The summed E-state index contributed by atoms with van der Waals surface area (Å²) in [5.74, 6) is 2.04. The predicted octanol–water partition coefficient (Wildman–Crippen LogP) is 2.96. The number of carbonyl (C=O) groups excluding carboxylic acids is 1. The van der Waals surface area contributed by atoms with Crippen LogP contribution in [0.5, 0.6) is 5.75 Å². The van der Waals surface area contributed by atoms with Crippen LogP contribution in [0.3, 0.4) is 0 Å². The molecule has 2 fully saturated rings. The summed E-state index contributed by atoms with van der Waals surface area (Å²) < 4.78 is 29.5. The molecule has 1 atom stereocenters. The summed E-state index contributed by atoms with van der Waals surface area (Å²) in [5, 5.41) is 4.05. The fraction of sp³-hybridized carbons (Fsp3) is 0.571. The second kappa shape index (κ2) is 9.35. The molecule has 1 saturated carbocycles. The number of piperidine rings is 1. The van der Waals surface area contributed by atoms with Gasteiger partial charge >= 0.3 is 0 Å². The highest BCUT2D eigenvalue weighted by molar-refractivity contribution is 5.78. The van der Waals surface area contributed by atoms with Crippen LogP contribution in [0.15, 0.2) is 28.8 Å². The summed E-state index contributed by atoms with van der Waals surface area (Å²) in [5.41, 5.74) is 0. The highest BCUT2D eigenvalue weighted by atomic mass is 19.1.